The summed E-state index contributed by atoms with van der Waals surface area (Å²) >= 11 is 1.58. The molecule has 0 radical (unpaired) electrons. The lowest BCUT2D eigenvalue weighted by molar-refractivity contribution is -0.0239. The molecule has 0 unspecified atom stereocenters. The number of oxazole rings is 1. The van der Waals surface area contributed by atoms with E-state index in [1.807, 2.05) is 30.3 Å². The molecule has 0 bridgehead atoms. The zero-order valence-corrected chi connectivity index (χ0v) is 31.8. The Bertz CT molecular complexity index is 1790. The van der Waals surface area contributed by atoms with Crippen LogP contribution >= 0.6 is 11.3 Å². The molecule has 1 fully saturated rings. The molecule has 9 heteroatoms. The topological polar surface area (TPSA) is 96.0 Å². The van der Waals surface area contributed by atoms with Crippen molar-refractivity contribution in [3.63, 3.8) is 0 Å². The van der Waals surface area contributed by atoms with Crippen LogP contribution in [0.15, 0.2) is 113 Å². The minimum atomic E-state index is -2.63. The molecule has 2 N–H and O–H groups in total. The highest BCUT2D eigenvalue weighted by molar-refractivity contribution is 7.10. The molecule has 0 aliphatic heterocycles. The van der Waals surface area contributed by atoms with Gasteiger partial charge in [-0.15, -0.1) is 11.3 Å². The first-order valence-corrected chi connectivity index (χ1v) is 20.9. The molecule has 2 heterocycles. The summed E-state index contributed by atoms with van der Waals surface area (Å²) in [5.41, 5.74) is 0.602. The van der Waals surface area contributed by atoms with Crippen LogP contribution in [0.25, 0.3) is 0 Å². The molecule has 0 saturated heterocycles. The Morgan fingerprint density at radius 1 is 0.922 bits per heavy atom. The van der Waals surface area contributed by atoms with E-state index in [4.69, 9.17) is 8.84 Å². The van der Waals surface area contributed by atoms with E-state index >= 15 is 0 Å². The number of nitrogens with zero attached hydrogens (tertiary/aromatic N) is 2. The van der Waals surface area contributed by atoms with Crippen LogP contribution in [0.3, 0.4) is 0 Å². The van der Waals surface area contributed by atoms with Gasteiger partial charge in [0.25, 0.3) is 8.32 Å². The first-order chi connectivity index (χ1) is 24.6. The second kappa shape index (κ2) is 16.1. The van der Waals surface area contributed by atoms with Crippen molar-refractivity contribution in [1.29, 1.82) is 0 Å². The average molecular weight is 723 g/mol. The number of carboxylic acid groups (broad SMARTS) is 1. The van der Waals surface area contributed by atoms with Gasteiger partial charge >= 0.3 is 6.09 Å². The van der Waals surface area contributed by atoms with Crippen LogP contribution in [-0.2, 0) is 29.4 Å². The van der Waals surface area contributed by atoms with Crippen LogP contribution < -0.4 is 10.4 Å². The Hall–Kier alpha value is -4.02. The van der Waals surface area contributed by atoms with E-state index in [0.29, 0.717) is 24.7 Å². The largest absolute Gasteiger partial charge is 0.465 e. The molecule has 1 aliphatic carbocycles. The first-order valence-electron chi connectivity index (χ1n) is 18.1. The highest BCUT2D eigenvalue weighted by atomic mass is 32.1. The van der Waals surface area contributed by atoms with Gasteiger partial charge in [0.2, 0.25) is 5.89 Å². The molecule has 1 aliphatic rings. The monoisotopic (exact) mass is 722 g/mol. The van der Waals surface area contributed by atoms with Gasteiger partial charge in [0.15, 0.2) is 5.60 Å². The smallest absolute Gasteiger partial charge is 0.407 e. The van der Waals surface area contributed by atoms with E-state index in [1.165, 1.54) is 21.7 Å². The van der Waals surface area contributed by atoms with Crippen molar-refractivity contribution in [2.24, 2.45) is 5.92 Å². The number of hydrogen-bond donors (Lipinski definition) is 2. The Labute approximate surface area is 307 Å². The molecular formula is C42H50N2O5SSi. The van der Waals surface area contributed by atoms with Crippen molar-refractivity contribution >= 4 is 36.1 Å². The zero-order valence-electron chi connectivity index (χ0n) is 30.0. The zero-order chi connectivity index (χ0) is 35.9. The van der Waals surface area contributed by atoms with Crippen molar-refractivity contribution < 1.29 is 23.9 Å². The summed E-state index contributed by atoms with van der Waals surface area (Å²) in [5, 5.41) is 26.8. The lowest BCUT2D eigenvalue weighted by Gasteiger charge is -2.43. The van der Waals surface area contributed by atoms with Gasteiger partial charge in [0.1, 0.15) is 5.76 Å². The number of amides is 1. The maximum Gasteiger partial charge on any atom is 0.407 e. The number of hydrogen-bond acceptors (Lipinski definition) is 6. The fraction of sp³-hybridized carbons (Fsp3) is 0.381. The number of thiophene rings is 1. The fourth-order valence-corrected chi connectivity index (χ4v) is 13.2. The van der Waals surface area contributed by atoms with E-state index in [0.717, 1.165) is 48.1 Å². The summed E-state index contributed by atoms with van der Waals surface area (Å²) in [6.07, 6.45) is 6.88. The third-order valence-corrected chi connectivity index (χ3v) is 16.4. The van der Waals surface area contributed by atoms with Gasteiger partial charge in [-0.05, 0) is 57.2 Å². The second-order valence-electron chi connectivity index (χ2n) is 14.7. The third-order valence-electron chi connectivity index (χ3n) is 10.4. The Balaban J connectivity index is 1.11. The molecule has 1 atom stereocenters. The van der Waals surface area contributed by atoms with E-state index in [-0.39, 0.29) is 24.0 Å². The van der Waals surface area contributed by atoms with Crippen LogP contribution in [0.4, 0.5) is 4.79 Å². The number of benzene rings is 3. The molecule has 6 rings (SSSR count). The summed E-state index contributed by atoms with van der Waals surface area (Å²) < 4.78 is 13.3. The minimum Gasteiger partial charge on any atom is -0.465 e. The summed E-state index contributed by atoms with van der Waals surface area (Å²) in [6, 6.07) is 33.1. The summed E-state index contributed by atoms with van der Waals surface area (Å²) in [4.78, 5) is 19.3. The number of aliphatic hydroxyl groups is 1. The van der Waals surface area contributed by atoms with E-state index in [9.17, 15) is 15.0 Å². The van der Waals surface area contributed by atoms with E-state index < -0.39 is 20.0 Å². The minimum absolute atomic E-state index is 0.0120. The molecule has 0 spiro atoms. The molecular weight excluding hydrogens is 673 g/mol. The molecule has 3 aromatic carbocycles. The maximum atomic E-state index is 12.4. The highest BCUT2D eigenvalue weighted by Gasteiger charge is 2.50. The molecule has 5 aromatic rings. The van der Waals surface area contributed by atoms with Gasteiger partial charge in [-0.1, -0.05) is 131 Å². The normalized spacial score (nSPS) is 15.4. The second-order valence-corrected chi connectivity index (χ2v) is 20.0. The Kier molecular flexibility index (Phi) is 11.6. The number of rotatable bonds is 14. The van der Waals surface area contributed by atoms with Gasteiger partial charge in [-0.25, -0.2) is 9.78 Å². The van der Waals surface area contributed by atoms with Crippen LogP contribution in [0.5, 0.6) is 0 Å². The Morgan fingerprint density at radius 2 is 1.53 bits per heavy atom. The van der Waals surface area contributed by atoms with Crippen LogP contribution in [0.2, 0.25) is 5.04 Å². The van der Waals surface area contributed by atoms with Crippen LogP contribution in [-0.4, -0.2) is 47.7 Å². The first kappa shape index (κ1) is 36.8. The van der Waals surface area contributed by atoms with Crippen molar-refractivity contribution in [1.82, 2.24) is 9.88 Å². The number of carbonyl (C=O) groups is 1. The Morgan fingerprint density at radius 3 is 2.12 bits per heavy atom. The molecule has 1 saturated carbocycles. The van der Waals surface area contributed by atoms with Gasteiger partial charge in [-0.3, -0.25) is 0 Å². The summed E-state index contributed by atoms with van der Waals surface area (Å²) in [7, 11) is -2.63. The SMILES string of the molecule is CC(C)(C)[Si](OCCc1csc(CN(CCc2cnc([C@](O)(c3ccccc3)C3CCCCC3)o2)C(=O)O)c1)(c1ccccc1)c1ccccc1. The maximum absolute atomic E-state index is 12.4. The molecule has 7 nitrogen and oxygen atoms in total. The fourth-order valence-electron chi connectivity index (χ4n) is 7.75. The van der Waals surface area contributed by atoms with Crippen LogP contribution in [0, 0.1) is 5.92 Å². The van der Waals surface area contributed by atoms with Gasteiger partial charge < -0.3 is 24.0 Å². The average Bonchev–Trinajstić information content (AvgIpc) is 3.82. The highest BCUT2D eigenvalue weighted by Crippen LogP contribution is 2.44. The predicted molar refractivity (Wildman–Crippen MR) is 206 cm³/mol. The third kappa shape index (κ3) is 8.07. The van der Waals surface area contributed by atoms with Crippen molar-refractivity contribution in [3.8, 4) is 0 Å². The van der Waals surface area contributed by atoms with Crippen LogP contribution in [0.1, 0.15) is 80.5 Å². The van der Waals surface area contributed by atoms with E-state index in [1.54, 1.807) is 17.5 Å². The summed E-state index contributed by atoms with van der Waals surface area (Å²) in [6.45, 7) is 7.94. The van der Waals surface area contributed by atoms with Gasteiger partial charge in [0, 0.05) is 30.4 Å². The lowest BCUT2D eigenvalue weighted by Crippen LogP contribution is -2.66. The standard InChI is InChI=1S/C42H50N2O5SSi/c1-41(2,3)51(37-20-12-6-13-21-37,38-22-14-7-15-23-38)48-27-25-32-28-36(50-31-32)30-44(40(45)46)26-24-35-29-43-39(49-35)42(47,33-16-8-4-9-17-33)34-18-10-5-11-19-34/h4,6-9,12-17,20-23,28-29,31,34,47H,5,10-11,18-19,24-27,30H2,1-3H3,(H,45,46)/t42-/m0/s1. The van der Waals surface area contributed by atoms with Gasteiger partial charge in [0.05, 0.1) is 12.7 Å². The predicted octanol–water partition coefficient (Wildman–Crippen LogP) is 8.39. The molecule has 2 aromatic heterocycles. The quantitative estimate of drug-likeness (QED) is 0.112. The molecule has 1 amide bonds. The van der Waals surface area contributed by atoms with Gasteiger partial charge in [-0.2, -0.15) is 0 Å². The van der Waals surface area contributed by atoms with Crippen molar-refractivity contribution in [2.75, 3.05) is 13.2 Å². The summed E-state index contributed by atoms with van der Waals surface area (Å²) in [5.74, 6) is 0.868. The van der Waals surface area contributed by atoms with Crippen molar-refractivity contribution in [3.05, 3.63) is 136 Å². The van der Waals surface area contributed by atoms with Crippen molar-refractivity contribution in [2.45, 2.75) is 82.9 Å². The van der Waals surface area contributed by atoms with E-state index in [2.05, 4.69) is 97.9 Å². The molecule has 268 valence electrons. The number of aromatic nitrogens is 1. The lowest BCUT2D eigenvalue weighted by atomic mass is 9.73. The molecule has 51 heavy (non-hydrogen) atoms.